The van der Waals surface area contributed by atoms with Crippen molar-refractivity contribution in [1.29, 1.82) is 0 Å². The fraction of sp³-hybridized carbons (Fsp3) is 0. The Morgan fingerprint density at radius 2 is 0.583 bits per heavy atom. The van der Waals surface area contributed by atoms with E-state index in [1.54, 1.807) is 0 Å². The molecule has 0 amide bonds. The van der Waals surface area contributed by atoms with Crippen LogP contribution in [-0.2, 0) is 0 Å². The van der Waals surface area contributed by atoms with Gasteiger partial charge in [-0.1, -0.05) is 0 Å². The van der Waals surface area contributed by atoms with Gasteiger partial charge in [0.15, 0.2) is 46.5 Å². The van der Waals surface area contributed by atoms with Crippen LogP contribution in [0.5, 0.6) is 0 Å². The highest BCUT2D eigenvalue weighted by Crippen LogP contribution is 2.41. The van der Waals surface area contributed by atoms with Crippen molar-refractivity contribution in [3.05, 3.63) is 46.5 Å². The molecule has 0 atom stereocenters. The molecule has 3 aromatic carbocycles. The molecule has 0 aliphatic carbocycles. The molecule has 0 aliphatic rings. The van der Waals surface area contributed by atoms with Gasteiger partial charge in [-0.15, -0.1) is 0 Å². The molecule has 0 bridgehead atoms. The zero-order valence-corrected chi connectivity index (χ0v) is 11.2. The standard InChI is InChI=1S/C14H4F8N2/c15-5-1-2-4(10(20)14(24)12(22)6(2)16)8(18)7(17)3(1)9(19)13(23)11(5)21/h23-24H2. The Labute approximate surface area is 127 Å². The SMILES string of the molecule is Nc1c(F)c(F)c2c(c1F)c(F)c(F)c1c(F)c(N)c(F)c(F)c12. The number of hydrogen-bond donors (Lipinski definition) is 2. The van der Waals surface area contributed by atoms with Gasteiger partial charge in [0.1, 0.15) is 11.4 Å². The molecule has 0 aromatic heterocycles. The highest BCUT2D eigenvalue weighted by Gasteiger charge is 2.31. The molecule has 3 aromatic rings. The van der Waals surface area contributed by atoms with E-state index in [4.69, 9.17) is 11.5 Å². The molecular formula is C14H4F8N2. The smallest absolute Gasteiger partial charge is 0.185 e. The molecule has 0 saturated carbocycles. The van der Waals surface area contributed by atoms with E-state index in [0.29, 0.717) is 0 Å². The summed E-state index contributed by atoms with van der Waals surface area (Å²) in [7, 11) is 0. The summed E-state index contributed by atoms with van der Waals surface area (Å²) >= 11 is 0. The van der Waals surface area contributed by atoms with Gasteiger partial charge in [-0.05, 0) is 0 Å². The van der Waals surface area contributed by atoms with E-state index in [0.717, 1.165) is 0 Å². The van der Waals surface area contributed by atoms with Gasteiger partial charge >= 0.3 is 0 Å². The van der Waals surface area contributed by atoms with Crippen molar-refractivity contribution >= 4 is 32.9 Å². The Morgan fingerprint density at radius 3 is 0.875 bits per heavy atom. The highest BCUT2D eigenvalue weighted by atomic mass is 19.2. The number of nitrogen functional groups attached to an aromatic ring is 2. The van der Waals surface area contributed by atoms with Crippen molar-refractivity contribution in [1.82, 2.24) is 0 Å². The van der Waals surface area contributed by atoms with Gasteiger partial charge in [0.25, 0.3) is 0 Å². The normalized spacial score (nSPS) is 11.7. The summed E-state index contributed by atoms with van der Waals surface area (Å²) in [4.78, 5) is 0. The van der Waals surface area contributed by atoms with Crippen LogP contribution in [0.1, 0.15) is 0 Å². The Morgan fingerprint density at radius 1 is 0.333 bits per heavy atom. The van der Waals surface area contributed by atoms with E-state index in [-0.39, 0.29) is 0 Å². The Balaban J connectivity index is 2.87. The first-order chi connectivity index (χ1) is 11.1. The molecule has 0 aliphatic heterocycles. The maximum atomic E-state index is 14.1. The lowest BCUT2D eigenvalue weighted by Gasteiger charge is -2.14. The Kier molecular flexibility index (Phi) is 3.26. The average Bonchev–Trinajstić information content (AvgIpc) is 2.56. The van der Waals surface area contributed by atoms with Gasteiger partial charge in [-0.2, -0.15) is 0 Å². The number of benzene rings is 3. The second kappa shape index (κ2) is 4.86. The quantitative estimate of drug-likeness (QED) is 0.275. The van der Waals surface area contributed by atoms with Crippen molar-refractivity contribution in [3.8, 4) is 0 Å². The molecular weight excluding hydrogens is 348 g/mol. The van der Waals surface area contributed by atoms with Gasteiger partial charge in [-0.25, -0.2) is 35.1 Å². The molecule has 0 radical (unpaired) electrons. The summed E-state index contributed by atoms with van der Waals surface area (Å²) in [6, 6.07) is 0. The molecule has 0 heterocycles. The number of halogens is 8. The first-order valence-electron chi connectivity index (χ1n) is 6.09. The van der Waals surface area contributed by atoms with Crippen LogP contribution in [0, 0.1) is 46.5 Å². The Bertz CT molecular complexity index is 976. The van der Waals surface area contributed by atoms with Crippen LogP contribution in [0.25, 0.3) is 21.5 Å². The second-order valence-electron chi connectivity index (χ2n) is 4.84. The van der Waals surface area contributed by atoms with Crippen molar-refractivity contribution < 1.29 is 35.1 Å². The second-order valence-corrected chi connectivity index (χ2v) is 4.84. The summed E-state index contributed by atoms with van der Waals surface area (Å²) in [6.45, 7) is 0. The summed E-state index contributed by atoms with van der Waals surface area (Å²) in [5.74, 6) is -16.5. The monoisotopic (exact) mass is 352 g/mol. The van der Waals surface area contributed by atoms with Crippen LogP contribution < -0.4 is 11.5 Å². The lowest BCUT2D eigenvalue weighted by molar-refractivity contribution is 0.491. The minimum Gasteiger partial charge on any atom is -0.394 e. The first kappa shape index (κ1) is 16.1. The number of rotatable bonds is 0. The fourth-order valence-corrected chi connectivity index (χ4v) is 2.46. The van der Waals surface area contributed by atoms with Crippen LogP contribution >= 0.6 is 0 Å². The van der Waals surface area contributed by atoms with E-state index < -0.39 is 79.5 Å². The van der Waals surface area contributed by atoms with Gasteiger partial charge in [-0.3, -0.25) is 0 Å². The number of anilines is 2. The molecule has 0 unspecified atom stereocenters. The van der Waals surface area contributed by atoms with Crippen molar-refractivity contribution in [2.75, 3.05) is 11.5 Å². The molecule has 0 fully saturated rings. The Hall–Kier alpha value is -2.78. The lowest BCUT2D eigenvalue weighted by Crippen LogP contribution is -2.08. The largest absolute Gasteiger partial charge is 0.394 e. The maximum Gasteiger partial charge on any atom is 0.185 e. The fourth-order valence-electron chi connectivity index (χ4n) is 2.46. The number of hydrogen-bond acceptors (Lipinski definition) is 2. The predicted octanol–water partition coefficient (Wildman–Crippen LogP) is 4.27. The zero-order valence-electron chi connectivity index (χ0n) is 11.2. The van der Waals surface area contributed by atoms with Gasteiger partial charge < -0.3 is 11.5 Å². The van der Waals surface area contributed by atoms with Crippen LogP contribution in [0.2, 0.25) is 0 Å². The third-order valence-electron chi connectivity index (χ3n) is 3.59. The van der Waals surface area contributed by atoms with Gasteiger partial charge in [0.2, 0.25) is 0 Å². The van der Waals surface area contributed by atoms with E-state index in [2.05, 4.69) is 0 Å². The van der Waals surface area contributed by atoms with Gasteiger partial charge in [0.05, 0.1) is 10.8 Å². The molecule has 3 rings (SSSR count). The number of fused-ring (bicyclic) bond motifs is 3. The minimum atomic E-state index is -2.16. The molecule has 4 N–H and O–H groups in total. The third-order valence-corrected chi connectivity index (χ3v) is 3.59. The lowest BCUT2D eigenvalue weighted by atomic mass is 9.97. The predicted molar refractivity (Wildman–Crippen MR) is 69.9 cm³/mol. The van der Waals surface area contributed by atoms with Crippen LogP contribution in [0.15, 0.2) is 0 Å². The summed E-state index contributed by atoms with van der Waals surface area (Å²) in [5.41, 5.74) is 6.78. The van der Waals surface area contributed by atoms with Crippen molar-refractivity contribution in [3.63, 3.8) is 0 Å². The third kappa shape index (κ3) is 1.70. The summed E-state index contributed by atoms with van der Waals surface area (Å²) < 4.78 is 111. The van der Waals surface area contributed by atoms with Crippen LogP contribution in [0.3, 0.4) is 0 Å². The molecule has 126 valence electrons. The molecule has 24 heavy (non-hydrogen) atoms. The van der Waals surface area contributed by atoms with Crippen molar-refractivity contribution in [2.24, 2.45) is 0 Å². The number of nitrogens with two attached hydrogens (primary N) is 2. The molecule has 10 heteroatoms. The zero-order chi connectivity index (χ0) is 18.1. The molecule has 2 nitrogen and oxygen atoms in total. The molecule has 0 spiro atoms. The summed E-state index contributed by atoms with van der Waals surface area (Å²) in [6.07, 6.45) is 0. The van der Waals surface area contributed by atoms with Crippen molar-refractivity contribution in [2.45, 2.75) is 0 Å². The first-order valence-corrected chi connectivity index (χ1v) is 6.09. The molecule has 0 saturated heterocycles. The average molecular weight is 352 g/mol. The van der Waals surface area contributed by atoms with Crippen LogP contribution in [-0.4, -0.2) is 0 Å². The van der Waals surface area contributed by atoms with E-state index in [1.165, 1.54) is 0 Å². The highest BCUT2D eigenvalue weighted by molar-refractivity contribution is 6.10. The van der Waals surface area contributed by atoms with E-state index in [1.807, 2.05) is 0 Å². The van der Waals surface area contributed by atoms with E-state index >= 15 is 0 Å². The van der Waals surface area contributed by atoms with E-state index in [9.17, 15) is 35.1 Å². The maximum absolute atomic E-state index is 14.1. The van der Waals surface area contributed by atoms with Gasteiger partial charge in [0, 0.05) is 10.8 Å². The topological polar surface area (TPSA) is 52.0 Å². The summed E-state index contributed by atoms with van der Waals surface area (Å²) in [5, 5.41) is -6.25. The van der Waals surface area contributed by atoms with Crippen LogP contribution in [0.4, 0.5) is 46.5 Å². The minimum absolute atomic E-state index is 1.51.